The van der Waals surface area contributed by atoms with Gasteiger partial charge in [0.1, 0.15) is 5.75 Å². The normalized spacial score (nSPS) is 13.1. The molecule has 6 heteroatoms. The maximum absolute atomic E-state index is 13.2. The highest BCUT2D eigenvalue weighted by Crippen LogP contribution is 2.30. The van der Waals surface area contributed by atoms with Crippen LogP contribution < -0.4 is 4.74 Å². The summed E-state index contributed by atoms with van der Waals surface area (Å²) in [6.07, 6.45) is 1.86. The van der Waals surface area contributed by atoms with E-state index in [1.54, 1.807) is 56.3 Å². The van der Waals surface area contributed by atoms with Crippen molar-refractivity contribution in [2.45, 2.75) is 25.2 Å². The number of rotatable bonds is 8. The second-order valence-corrected chi connectivity index (χ2v) is 7.92. The van der Waals surface area contributed by atoms with Gasteiger partial charge in [-0.2, -0.15) is 0 Å². The number of hydrogen-bond donors (Lipinski definition) is 0. The van der Waals surface area contributed by atoms with Crippen molar-refractivity contribution >= 4 is 20.7 Å². The van der Waals surface area contributed by atoms with E-state index in [9.17, 15) is 13.2 Å². The van der Waals surface area contributed by atoms with Crippen LogP contribution in [0.15, 0.2) is 65.6 Å². The van der Waals surface area contributed by atoms with Crippen molar-refractivity contribution < 1.29 is 22.7 Å². The summed E-state index contributed by atoms with van der Waals surface area (Å²) < 4.78 is 36.5. The van der Waals surface area contributed by atoms with Crippen molar-refractivity contribution in [3.05, 3.63) is 66.2 Å². The highest BCUT2D eigenvalue weighted by molar-refractivity contribution is 8.00. The first-order chi connectivity index (χ1) is 12.9. The molecular formula is C21H24O5S. The second kappa shape index (κ2) is 9.37. The zero-order chi connectivity index (χ0) is 19.9. The molecule has 0 saturated carbocycles. The molecule has 0 fully saturated rings. The third-order valence-corrected chi connectivity index (χ3v) is 5.94. The Hall–Kier alpha value is -2.60. The second-order valence-electron chi connectivity index (χ2n) is 6.00. The molecule has 27 heavy (non-hydrogen) atoms. The van der Waals surface area contributed by atoms with Gasteiger partial charge in [0.15, 0.2) is 0 Å². The van der Waals surface area contributed by atoms with E-state index in [1.165, 1.54) is 19.2 Å². The van der Waals surface area contributed by atoms with Gasteiger partial charge >= 0.3 is 5.97 Å². The molecule has 0 bridgehead atoms. The molecule has 0 saturated heterocycles. The highest BCUT2D eigenvalue weighted by atomic mass is 32.2. The van der Waals surface area contributed by atoms with Crippen LogP contribution >= 0.6 is 0 Å². The molecule has 0 radical (unpaired) electrons. The fraction of sp³-hybridized carbons (Fsp3) is 0.286. The number of ether oxygens (including phenoxy) is 2. The first-order valence-electron chi connectivity index (χ1n) is 8.71. The van der Waals surface area contributed by atoms with Crippen molar-refractivity contribution in [1.29, 1.82) is 0 Å². The van der Waals surface area contributed by atoms with Gasteiger partial charge in [0, 0.05) is 0 Å². The van der Waals surface area contributed by atoms with E-state index in [0.717, 1.165) is 0 Å². The van der Waals surface area contributed by atoms with E-state index in [-0.39, 0.29) is 22.2 Å². The van der Waals surface area contributed by atoms with Crippen LogP contribution in [0.5, 0.6) is 5.75 Å². The van der Waals surface area contributed by atoms with Crippen molar-refractivity contribution in [2.75, 3.05) is 13.7 Å². The molecule has 2 aromatic rings. The summed E-state index contributed by atoms with van der Waals surface area (Å²) in [6.45, 7) is 3.75. The van der Waals surface area contributed by atoms with E-state index >= 15 is 0 Å². The molecular weight excluding hydrogens is 364 g/mol. The van der Waals surface area contributed by atoms with Crippen molar-refractivity contribution in [3.8, 4) is 5.75 Å². The van der Waals surface area contributed by atoms with Crippen molar-refractivity contribution in [3.63, 3.8) is 0 Å². The average Bonchev–Trinajstić information content (AvgIpc) is 2.68. The van der Waals surface area contributed by atoms with Gasteiger partial charge in [-0.1, -0.05) is 43.3 Å². The number of carbonyl (C=O) groups excluding carboxylic acids is 1. The predicted molar refractivity (Wildman–Crippen MR) is 105 cm³/mol. The number of allylic oxidation sites excluding steroid dienone is 1. The molecule has 0 aliphatic carbocycles. The molecule has 2 rings (SSSR count). The van der Waals surface area contributed by atoms with E-state index in [0.29, 0.717) is 17.9 Å². The molecule has 0 spiro atoms. The molecule has 0 aliphatic rings. The Morgan fingerprint density at radius 2 is 1.70 bits per heavy atom. The maximum atomic E-state index is 13.2. The lowest BCUT2D eigenvalue weighted by Gasteiger charge is -2.13. The third kappa shape index (κ3) is 5.20. The Balaban J connectivity index is 2.42. The van der Waals surface area contributed by atoms with Crippen LogP contribution in [-0.2, 0) is 19.4 Å². The van der Waals surface area contributed by atoms with Gasteiger partial charge in [0.2, 0.25) is 9.84 Å². The average molecular weight is 388 g/mol. The Bertz CT molecular complexity index is 884. The van der Waals surface area contributed by atoms with E-state index in [1.807, 2.05) is 6.07 Å². The SMILES string of the molecule is CCOC(=O)C(C)CC=C(c1ccccc1)S(=O)(=O)c1ccc(OC)cc1. The zero-order valence-corrected chi connectivity index (χ0v) is 16.5. The number of carbonyl (C=O) groups is 1. The molecule has 2 aromatic carbocycles. The Morgan fingerprint density at radius 3 is 2.26 bits per heavy atom. The first-order valence-corrected chi connectivity index (χ1v) is 10.2. The standard InChI is InChI=1S/C21H24O5S/c1-4-26-21(22)16(2)10-15-20(17-8-6-5-7-9-17)27(23,24)19-13-11-18(25-3)12-14-19/h5-9,11-16H,4,10H2,1-3H3. The lowest BCUT2D eigenvalue weighted by Crippen LogP contribution is -2.14. The minimum atomic E-state index is -3.76. The summed E-state index contributed by atoms with van der Waals surface area (Å²) in [6, 6.07) is 15.1. The predicted octanol–water partition coefficient (Wildman–Crippen LogP) is 4.10. The summed E-state index contributed by atoms with van der Waals surface area (Å²) in [5.74, 6) is -0.201. The summed E-state index contributed by atoms with van der Waals surface area (Å²) in [7, 11) is -2.24. The molecule has 5 nitrogen and oxygen atoms in total. The maximum Gasteiger partial charge on any atom is 0.308 e. The van der Waals surface area contributed by atoms with Gasteiger partial charge in [-0.05, 0) is 43.2 Å². The van der Waals surface area contributed by atoms with Gasteiger partial charge < -0.3 is 9.47 Å². The van der Waals surface area contributed by atoms with Crippen LogP contribution in [0.2, 0.25) is 0 Å². The van der Waals surface area contributed by atoms with Gasteiger partial charge in [-0.25, -0.2) is 8.42 Å². The van der Waals surface area contributed by atoms with Crippen LogP contribution in [0.4, 0.5) is 0 Å². The third-order valence-electron chi connectivity index (χ3n) is 4.06. The fourth-order valence-electron chi connectivity index (χ4n) is 2.53. The fourth-order valence-corrected chi connectivity index (χ4v) is 4.04. The van der Waals surface area contributed by atoms with Crippen LogP contribution in [0.3, 0.4) is 0 Å². The van der Waals surface area contributed by atoms with Crippen LogP contribution in [-0.4, -0.2) is 28.1 Å². The minimum Gasteiger partial charge on any atom is -0.497 e. The molecule has 0 amide bonds. The van der Waals surface area contributed by atoms with Crippen LogP contribution in [0.1, 0.15) is 25.8 Å². The van der Waals surface area contributed by atoms with Gasteiger partial charge in [0.25, 0.3) is 0 Å². The highest BCUT2D eigenvalue weighted by Gasteiger charge is 2.23. The minimum absolute atomic E-state index is 0.169. The molecule has 1 unspecified atom stereocenters. The largest absolute Gasteiger partial charge is 0.497 e. The van der Waals surface area contributed by atoms with Gasteiger partial charge in [-0.15, -0.1) is 0 Å². The molecule has 0 heterocycles. The topological polar surface area (TPSA) is 69.7 Å². The lowest BCUT2D eigenvalue weighted by molar-refractivity contribution is -0.147. The van der Waals surface area contributed by atoms with Crippen molar-refractivity contribution in [2.24, 2.45) is 5.92 Å². The summed E-state index contributed by atoms with van der Waals surface area (Å²) in [5.41, 5.74) is 0.573. The van der Waals surface area contributed by atoms with Crippen molar-refractivity contribution in [1.82, 2.24) is 0 Å². The first kappa shape index (κ1) is 20.7. The molecule has 144 valence electrons. The van der Waals surface area contributed by atoms with E-state index in [4.69, 9.17) is 9.47 Å². The zero-order valence-electron chi connectivity index (χ0n) is 15.7. The van der Waals surface area contributed by atoms with E-state index in [2.05, 4.69) is 0 Å². The Labute approximate surface area is 160 Å². The smallest absolute Gasteiger partial charge is 0.308 e. The summed E-state index contributed by atoms with van der Waals surface area (Å²) in [5, 5.41) is 0. The van der Waals surface area contributed by atoms with Gasteiger partial charge in [0.05, 0.1) is 29.4 Å². The number of sulfone groups is 1. The number of hydrogen-bond acceptors (Lipinski definition) is 5. The summed E-state index contributed by atoms with van der Waals surface area (Å²) in [4.78, 5) is 12.2. The van der Waals surface area contributed by atoms with E-state index < -0.39 is 15.8 Å². The molecule has 0 N–H and O–H groups in total. The number of methoxy groups -OCH3 is 1. The molecule has 0 aliphatic heterocycles. The van der Waals surface area contributed by atoms with Crippen LogP contribution in [0, 0.1) is 5.92 Å². The quantitative estimate of drug-likeness (QED) is 0.637. The number of benzene rings is 2. The number of esters is 1. The Morgan fingerprint density at radius 1 is 1.07 bits per heavy atom. The molecule has 0 aromatic heterocycles. The molecule has 1 atom stereocenters. The van der Waals surface area contributed by atoms with Gasteiger partial charge in [-0.3, -0.25) is 4.79 Å². The summed E-state index contributed by atoms with van der Waals surface area (Å²) >= 11 is 0. The Kier molecular flexibility index (Phi) is 7.19. The monoisotopic (exact) mass is 388 g/mol. The lowest BCUT2D eigenvalue weighted by atomic mass is 10.1. The van der Waals surface area contributed by atoms with Crippen LogP contribution in [0.25, 0.3) is 4.91 Å².